The van der Waals surface area contributed by atoms with Crippen LogP contribution in [0.25, 0.3) is 0 Å². The maximum Gasteiger partial charge on any atom is 0.252 e. The monoisotopic (exact) mass is 376 g/mol. The Bertz CT molecular complexity index is 477. The summed E-state index contributed by atoms with van der Waals surface area (Å²) in [6, 6.07) is 4.02. The topological polar surface area (TPSA) is 78.4 Å². The molecule has 0 heterocycles. The van der Waals surface area contributed by atoms with Crippen LogP contribution in [0, 0.1) is 3.57 Å². The van der Waals surface area contributed by atoms with Crippen LogP contribution in [0.5, 0.6) is 5.75 Å². The summed E-state index contributed by atoms with van der Waals surface area (Å²) in [7, 11) is 0. The highest BCUT2D eigenvalue weighted by Gasteiger charge is 2.16. The molecule has 0 aliphatic carbocycles. The molecule has 1 aromatic rings. The Hall–Kier alpha value is -1.31. The van der Waals surface area contributed by atoms with Gasteiger partial charge in [0.1, 0.15) is 11.8 Å². The van der Waals surface area contributed by atoms with Crippen molar-refractivity contribution in [3.05, 3.63) is 27.3 Å². The molecular weight excluding hydrogens is 359 g/mol. The highest BCUT2D eigenvalue weighted by molar-refractivity contribution is 14.1. The van der Waals surface area contributed by atoms with Crippen molar-refractivity contribution >= 4 is 34.4 Å². The summed E-state index contributed by atoms with van der Waals surface area (Å²) in [5, 5.41) is 14.8. The molecule has 0 spiro atoms. The van der Waals surface area contributed by atoms with Gasteiger partial charge in [-0.3, -0.25) is 9.59 Å². The van der Waals surface area contributed by atoms with Gasteiger partial charge in [-0.15, -0.1) is 0 Å². The van der Waals surface area contributed by atoms with Crippen LogP contribution in [-0.2, 0) is 4.79 Å². The van der Waals surface area contributed by atoms with Gasteiger partial charge >= 0.3 is 0 Å². The average Bonchev–Trinajstić information content (AvgIpc) is 2.38. The lowest BCUT2D eigenvalue weighted by molar-refractivity contribution is -0.122. The number of carbonyl (C=O) groups is 2. The first-order valence-corrected chi connectivity index (χ1v) is 7.10. The number of aromatic hydroxyl groups is 1. The Balaban J connectivity index is 2.63. The van der Waals surface area contributed by atoms with Crippen LogP contribution in [0.15, 0.2) is 18.2 Å². The first-order chi connectivity index (χ1) is 8.95. The largest absolute Gasteiger partial charge is 0.507 e. The van der Waals surface area contributed by atoms with E-state index in [1.807, 2.05) is 29.5 Å². The zero-order chi connectivity index (χ0) is 14.4. The molecule has 3 N–H and O–H groups in total. The highest BCUT2D eigenvalue weighted by Crippen LogP contribution is 2.20. The summed E-state index contributed by atoms with van der Waals surface area (Å²) in [5.41, 5.74) is 0.327. The van der Waals surface area contributed by atoms with Gasteiger partial charge in [0, 0.05) is 12.1 Å². The number of phenols is 1. The minimum absolute atomic E-state index is 0.0522. The Labute approximate surface area is 125 Å². The van der Waals surface area contributed by atoms with Crippen molar-refractivity contribution in [1.29, 1.82) is 0 Å². The zero-order valence-electron chi connectivity index (χ0n) is 10.9. The van der Waals surface area contributed by atoms with Crippen molar-refractivity contribution in [3.63, 3.8) is 0 Å². The van der Waals surface area contributed by atoms with Gasteiger partial charge in [0.25, 0.3) is 5.91 Å². The van der Waals surface area contributed by atoms with E-state index >= 15 is 0 Å². The number of carbonyl (C=O) groups excluding carboxylic acids is 2. The maximum absolute atomic E-state index is 11.9. The number of nitrogens with one attached hydrogen (secondary N) is 2. The van der Waals surface area contributed by atoms with Gasteiger partial charge in [-0.1, -0.05) is 6.92 Å². The molecule has 0 aliphatic rings. The quantitative estimate of drug-likeness (QED) is 0.684. The van der Waals surface area contributed by atoms with Gasteiger partial charge in [0.05, 0.1) is 3.57 Å². The molecule has 0 saturated heterocycles. The Morgan fingerprint density at radius 2 is 2.11 bits per heavy atom. The molecule has 19 heavy (non-hydrogen) atoms. The van der Waals surface area contributed by atoms with E-state index in [1.165, 1.54) is 6.07 Å². The molecule has 0 aromatic heterocycles. The van der Waals surface area contributed by atoms with E-state index in [0.29, 0.717) is 15.7 Å². The van der Waals surface area contributed by atoms with Crippen LogP contribution in [0.3, 0.4) is 0 Å². The van der Waals surface area contributed by atoms with Crippen molar-refractivity contribution in [1.82, 2.24) is 10.6 Å². The van der Waals surface area contributed by atoms with E-state index in [2.05, 4.69) is 10.6 Å². The summed E-state index contributed by atoms with van der Waals surface area (Å²) < 4.78 is 0.669. The number of benzene rings is 1. The van der Waals surface area contributed by atoms with E-state index in [0.717, 1.165) is 6.42 Å². The molecule has 1 atom stereocenters. The van der Waals surface area contributed by atoms with E-state index in [1.54, 1.807) is 19.1 Å². The number of rotatable bonds is 5. The predicted molar refractivity (Wildman–Crippen MR) is 81.1 cm³/mol. The number of halogens is 1. The van der Waals surface area contributed by atoms with Crippen LogP contribution in [0.4, 0.5) is 0 Å². The SMILES string of the molecule is CCCNC(=O)C(C)NC(=O)c1ccc(I)c(O)c1. The number of amides is 2. The van der Waals surface area contributed by atoms with Gasteiger partial charge in [-0.2, -0.15) is 0 Å². The van der Waals surface area contributed by atoms with Crippen LogP contribution in [-0.4, -0.2) is 29.5 Å². The summed E-state index contributed by atoms with van der Waals surface area (Å²) in [6.07, 6.45) is 0.845. The lowest BCUT2D eigenvalue weighted by Crippen LogP contribution is -2.45. The van der Waals surface area contributed by atoms with Crippen LogP contribution in [0.2, 0.25) is 0 Å². The van der Waals surface area contributed by atoms with Crippen molar-refractivity contribution in [3.8, 4) is 5.75 Å². The standard InChI is InChI=1S/C13H17IN2O3/c1-3-6-15-12(18)8(2)16-13(19)9-4-5-10(14)11(17)7-9/h4-5,7-8,17H,3,6H2,1-2H3,(H,15,18)(H,16,19). The number of phenolic OH excluding ortho intramolecular Hbond substituents is 1. The van der Waals surface area contributed by atoms with Crippen molar-refractivity contribution < 1.29 is 14.7 Å². The minimum Gasteiger partial charge on any atom is -0.507 e. The molecule has 0 bridgehead atoms. The van der Waals surface area contributed by atoms with Gasteiger partial charge in [-0.25, -0.2) is 0 Å². The molecule has 1 unspecified atom stereocenters. The molecule has 0 fully saturated rings. The molecule has 2 amide bonds. The molecule has 1 rings (SSSR count). The Kier molecular flexibility index (Phi) is 6.07. The predicted octanol–water partition coefficient (Wildman–Crippen LogP) is 1.64. The van der Waals surface area contributed by atoms with E-state index in [4.69, 9.17) is 0 Å². The third-order valence-electron chi connectivity index (χ3n) is 2.50. The second-order valence-electron chi connectivity index (χ2n) is 4.15. The van der Waals surface area contributed by atoms with E-state index < -0.39 is 6.04 Å². The fourth-order valence-corrected chi connectivity index (χ4v) is 1.74. The third-order valence-corrected chi connectivity index (χ3v) is 3.41. The Morgan fingerprint density at radius 1 is 1.42 bits per heavy atom. The number of hydrogen-bond acceptors (Lipinski definition) is 3. The van der Waals surface area contributed by atoms with Crippen LogP contribution >= 0.6 is 22.6 Å². The second kappa shape index (κ2) is 7.32. The van der Waals surface area contributed by atoms with Gasteiger partial charge in [0.15, 0.2) is 0 Å². The molecule has 6 heteroatoms. The van der Waals surface area contributed by atoms with E-state index in [9.17, 15) is 14.7 Å². The summed E-state index contributed by atoms with van der Waals surface area (Å²) >= 11 is 1.97. The molecule has 0 saturated carbocycles. The average molecular weight is 376 g/mol. The van der Waals surface area contributed by atoms with Crippen LogP contribution < -0.4 is 10.6 Å². The van der Waals surface area contributed by atoms with Crippen molar-refractivity contribution in [2.24, 2.45) is 0 Å². The lowest BCUT2D eigenvalue weighted by atomic mass is 10.2. The molecule has 104 valence electrons. The summed E-state index contributed by atoms with van der Waals surface area (Å²) in [5.74, 6) is -0.549. The molecular formula is C13H17IN2O3. The molecule has 0 aliphatic heterocycles. The number of hydrogen-bond donors (Lipinski definition) is 3. The van der Waals surface area contributed by atoms with Crippen LogP contribution in [0.1, 0.15) is 30.6 Å². The maximum atomic E-state index is 11.9. The Morgan fingerprint density at radius 3 is 2.68 bits per heavy atom. The van der Waals surface area contributed by atoms with Crippen molar-refractivity contribution in [2.75, 3.05) is 6.54 Å². The van der Waals surface area contributed by atoms with E-state index in [-0.39, 0.29) is 17.6 Å². The normalized spacial score (nSPS) is 11.7. The summed E-state index contributed by atoms with van der Waals surface area (Å²) in [6.45, 7) is 4.16. The zero-order valence-corrected chi connectivity index (χ0v) is 13.0. The smallest absolute Gasteiger partial charge is 0.252 e. The first-order valence-electron chi connectivity index (χ1n) is 6.02. The third kappa shape index (κ3) is 4.70. The van der Waals surface area contributed by atoms with Crippen molar-refractivity contribution in [2.45, 2.75) is 26.3 Å². The highest BCUT2D eigenvalue weighted by atomic mass is 127. The minimum atomic E-state index is -0.611. The second-order valence-corrected chi connectivity index (χ2v) is 5.31. The first kappa shape index (κ1) is 15.7. The molecule has 0 radical (unpaired) electrons. The fraction of sp³-hybridized carbons (Fsp3) is 0.385. The fourth-order valence-electron chi connectivity index (χ4n) is 1.40. The lowest BCUT2D eigenvalue weighted by Gasteiger charge is -2.14. The molecule has 5 nitrogen and oxygen atoms in total. The van der Waals surface area contributed by atoms with Gasteiger partial charge in [-0.05, 0) is 54.1 Å². The molecule has 1 aromatic carbocycles. The van der Waals surface area contributed by atoms with Gasteiger partial charge < -0.3 is 15.7 Å². The van der Waals surface area contributed by atoms with Gasteiger partial charge in [0.2, 0.25) is 5.91 Å². The summed E-state index contributed by atoms with van der Waals surface area (Å²) in [4.78, 5) is 23.5.